The van der Waals surface area contributed by atoms with Gasteiger partial charge in [-0.05, 0) is 49.4 Å². The summed E-state index contributed by atoms with van der Waals surface area (Å²) in [4.78, 5) is 12.6. The molecule has 3 aromatic rings. The summed E-state index contributed by atoms with van der Waals surface area (Å²) in [7, 11) is 1.57. The quantitative estimate of drug-likeness (QED) is 0.568. The molecule has 1 N–H and O–H groups in total. The summed E-state index contributed by atoms with van der Waals surface area (Å²) >= 11 is 6.09. The third kappa shape index (κ3) is 5.18. The first-order chi connectivity index (χ1) is 13.5. The number of para-hydroxylation sites is 1. The van der Waals surface area contributed by atoms with Gasteiger partial charge in [0, 0.05) is 11.1 Å². The molecule has 0 aromatic heterocycles. The van der Waals surface area contributed by atoms with Crippen LogP contribution in [0.1, 0.15) is 6.92 Å². The molecular weight excluding hydrogens is 378 g/mol. The van der Waals surface area contributed by atoms with Crippen LogP contribution in [0.5, 0.6) is 23.0 Å². The first-order valence-electron chi connectivity index (χ1n) is 8.69. The predicted octanol–water partition coefficient (Wildman–Crippen LogP) is 5.55. The van der Waals surface area contributed by atoms with Crippen molar-refractivity contribution in [3.8, 4) is 23.0 Å². The van der Waals surface area contributed by atoms with Crippen molar-refractivity contribution < 1.29 is 19.0 Å². The summed E-state index contributed by atoms with van der Waals surface area (Å²) < 4.78 is 16.7. The lowest BCUT2D eigenvalue weighted by Crippen LogP contribution is -2.30. The minimum atomic E-state index is -0.740. The van der Waals surface area contributed by atoms with E-state index in [1.54, 1.807) is 56.5 Å². The van der Waals surface area contributed by atoms with E-state index in [9.17, 15) is 4.79 Å². The molecule has 0 saturated heterocycles. The van der Waals surface area contributed by atoms with Gasteiger partial charge in [0.05, 0.1) is 12.8 Å². The summed E-state index contributed by atoms with van der Waals surface area (Å²) in [6, 6.07) is 21.4. The Balaban J connectivity index is 1.72. The van der Waals surface area contributed by atoms with Gasteiger partial charge in [0.2, 0.25) is 0 Å². The monoisotopic (exact) mass is 397 g/mol. The zero-order chi connectivity index (χ0) is 19.9. The van der Waals surface area contributed by atoms with E-state index in [1.165, 1.54) is 0 Å². The summed E-state index contributed by atoms with van der Waals surface area (Å²) in [5.74, 6) is 1.99. The molecule has 0 spiro atoms. The average molecular weight is 398 g/mol. The van der Waals surface area contributed by atoms with Gasteiger partial charge in [0.1, 0.15) is 17.2 Å². The van der Waals surface area contributed by atoms with Crippen LogP contribution in [0, 0.1) is 0 Å². The third-order valence-corrected chi connectivity index (χ3v) is 4.13. The van der Waals surface area contributed by atoms with Crippen molar-refractivity contribution in [3.05, 3.63) is 77.8 Å². The second-order valence-corrected chi connectivity index (χ2v) is 6.42. The van der Waals surface area contributed by atoms with Crippen LogP contribution >= 0.6 is 11.6 Å². The summed E-state index contributed by atoms with van der Waals surface area (Å²) in [6.45, 7) is 1.66. The van der Waals surface area contributed by atoms with E-state index in [0.717, 1.165) is 0 Å². The molecular formula is C22H20ClNO4. The Labute approximate surface area is 168 Å². The van der Waals surface area contributed by atoms with Crippen molar-refractivity contribution in [1.82, 2.24) is 0 Å². The predicted molar refractivity (Wildman–Crippen MR) is 110 cm³/mol. The maximum atomic E-state index is 12.6. The summed E-state index contributed by atoms with van der Waals surface area (Å²) in [6.07, 6.45) is -0.740. The van der Waals surface area contributed by atoms with Crippen LogP contribution in [0.15, 0.2) is 72.8 Å². The van der Waals surface area contributed by atoms with Gasteiger partial charge in [-0.2, -0.15) is 0 Å². The number of rotatable bonds is 7. The Kier molecular flexibility index (Phi) is 6.40. The van der Waals surface area contributed by atoms with Crippen molar-refractivity contribution in [2.45, 2.75) is 13.0 Å². The van der Waals surface area contributed by atoms with Crippen molar-refractivity contribution >= 4 is 23.2 Å². The molecule has 0 bridgehead atoms. The highest BCUT2D eigenvalue weighted by atomic mass is 35.5. The number of carbonyl (C=O) groups is 1. The highest BCUT2D eigenvalue weighted by Gasteiger charge is 2.18. The van der Waals surface area contributed by atoms with Gasteiger partial charge >= 0.3 is 0 Å². The Morgan fingerprint density at radius 1 is 0.929 bits per heavy atom. The number of carbonyl (C=O) groups excluding carboxylic acids is 1. The van der Waals surface area contributed by atoms with Crippen LogP contribution in [-0.4, -0.2) is 19.1 Å². The summed E-state index contributed by atoms with van der Waals surface area (Å²) in [5.41, 5.74) is 0.461. The normalized spacial score (nSPS) is 11.4. The van der Waals surface area contributed by atoms with E-state index < -0.39 is 6.10 Å². The number of ether oxygens (including phenoxy) is 3. The van der Waals surface area contributed by atoms with Gasteiger partial charge in [-0.1, -0.05) is 35.9 Å². The van der Waals surface area contributed by atoms with Crippen LogP contribution in [0.2, 0.25) is 5.02 Å². The Morgan fingerprint density at radius 3 is 2.39 bits per heavy atom. The molecule has 0 aliphatic carbocycles. The first-order valence-corrected chi connectivity index (χ1v) is 9.07. The third-order valence-electron chi connectivity index (χ3n) is 3.89. The molecule has 5 nitrogen and oxygen atoms in total. The smallest absolute Gasteiger partial charge is 0.265 e. The van der Waals surface area contributed by atoms with Gasteiger partial charge in [-0.25, -0.2) is 0 Å². The molecule has 0 aliphatic rings. The maximum absolute atomic E-state index is 12.6. The number of amides is 1. The van der Waals surface area contributed by atoms with E-state index in [1.807, 2.05) is 30.3 Å². The second kappa shape index (κ2) is 9.15. The fraction of sp³-hybridized carbons (Fsp3) is 0.136. The van der Waals surface area contributed by atoms with E-state index in [0.29, 0.717) is 33.7 Å². The maximum Gasteiger partial charge on any atom is 0.265 e. The largest absolute Gasteiger partial charge is 0.497 e. The van der Waals surface area contributed by atoms with Crippen LogP contribution in [0.3, 0.4) is 0 Å². The molecule has 0 heterocycles. The molecule has 3 aromatic carbocycles. The van der Waals surface area contributed by atoms with E-state index in [-0.39, 0.29) is 5.91 Å². The molecule has 0 fully saturated rings. The van der Waals surface area contributed by atoms with E-state index in [2.05, 4.69) is 5.32 Å². The molecule has 28 heavy (non-hydrogen) atoms. The van der Waals surface area contributed by atoms with Crippen molar-refractivity contribution in [2.75, 3.05) is 12.4 Å². The topological polar surface area (TPSA) is 56.8 Å². The second-order valence-electron chi connectivity index (χ2n) is 5.98. The first kappa shape index (κ1) is 19.6. The van der Waals surface area contributed by atoms with Crippen molar-refractivity contribution in [3.63, 3.8) is 0 Å². The summed E-state index contributed by atoms with van der Waals surface area (Å²) in [5, 5.41) is 3.30. The number of methoxy groups -OCH3 is 1. The fourth-order valence-corrected chi connectivity index (χ4v) is 2.64. The standard InChI is InChI=1S/C22H20ClNO4/c1-15(27-19-10-6-9-18(14-19)26-2)22(25)24-20-13-16(23)11-12-21(20)28-17-7-4-3-5-8-17/h3-15H,1-2H3,(H,24,25)/t15-/m1/s1. The highest BCUT2D eigenvalue weighted by molar-refractivity contribution is 6.31. The number of halogens is 1. The number of hydrogen-bond acceptors (Lipinski definition) is 4. The minimum absolute atomic E-state index is 0.331. The zero-order valence-electron chi connectivity index (χ0n) is 15.5. The Bertz CT molecular complexity index is 946. The number of benzene rings is 3. The number of nitrogens with one attached hydrogen (secondary N) is 1. The highest BCUT2D eigenvalue weighted by Crippen LogP contribution is 2.32. The SMILES string of the molecule is COc1cccc(O[C@H](C)C(=O)Nc2cc(Cl)ccc2Oc2ccccc2)c1. The lowest BCUT2D eigenvalue weighted by atomic mass is 10.2. The molecule has 6 heteroatoms. The van der Waals surface area contributed by atoms with Gasteiger partial charge in [0.25, 0.3) is 5.91 Å². The van der Waals surface area contributed by atoms with Gasteiger partial charge < -0.3 is 19.5 Å². The van der Waals surface area contributed by atoms with E-state index in [4.69, 9.17) is 25.8 Å². The van der Waals surface area contributed by atoms with E-state index >= 15 is 0 Å². The van der Waals surface area contributed by atoms with Crippen molar-refractivity contribution in [2.24, 2.45) is 0 Å². The molecule has 0 unspecified atom stereocenters. The van der Waals surface area contributed by atoms with Gasteiger partial charge in [0.15, 0.2) is 11.9 Å². The lowest BCUT2D eigenvalue weighted by molar-refractivity contribution is -0.122. The number of anilines is 1. The molecule has 144 valence electrons. The van der Waals surface area contributed by atoms with Gasteiger partial charge in [-0.15, -0.1) is 0 Å². The molecule has 0 radical (unpaired) electrons. The Morgan fingerprint density at radius 2 is 1.64 bits per heavy atom. The van der Waals surface area contributed by atoms with Gasteiger partial charge in [-0.3, -0.25) is 4.79 Å². The average Bonchev–Trinajstić information content (AvgIpc) is 2.71. The molecule has 1 amide bonds. The molecule has 1 atom stereocenters. The van der Waals surface area contributed by atoms with Crippen LogP contribution in [-0.2, 0) is 4.79 Å². The van der Waals surface area contributed by atoms with Crippen LogP contribution < -0.4 is 19.5 Å². The molecule has 3 rings (SSSR count). The van der Waals surface area contributed by atoms with Crippen LogP contribution in [0.4, 0.5) is 5.69 Å². The van der Waals surface area contributed by atoms with Crippen molar-refractivity contribution in [1.29, 1.82) is 0 Å². The Hall–Kier alpha value is -3.18. The van der Waals surface area contributed by atoms with Crippen LogP contribution in [0.25, 0.3) is 0 Å². The zero-order valence-corrected chi connectivity index (χ0v) is 16.3. The molecule has 0 saturated carbocycles. The lowest BCUT2D eigenvalue weighted by Gasteiger charge is -2.17. The number of hydrogen-bond donors (Lipinski definition) is 1. The fourth-order valence-electron chi connectivity index (χ4n) is 2.47. The minimum Gasteiger partial charge on any atom is -0.497 e. The molecule has 0 aliphatic heterocycles.